The van der Waals surface area contributed by atoms with E-state index in [1.165, 1.54) is 0 Å². The van der Waals surface area contributed by atoms with Crippen molar-refractivity contribution in [3.8, 4) is 0 Å². The number of fused-ring (bicyclic) bond motifs is 1. The quantitative estimate of drug-likeness (QED) is 0.365. The summed E-state index contributed by atoms with van der Waals surface area (Å²) < 4.78 is 68.6. The van der Waals surface area contributed by atoms with Crippen LogP contribution < -0.4 is 16.0 Å². The molecule has 1 fully saturated rings. The molecule has 0 aliphatic carbocycles. The number of nitrogens with zero attached hydrogens (tertiary/aromatic N) is 4. The first kappa shape index (κ1) is 31.3. The minimum absolute atomic E-state index is 0.0128. The van der Waals surface area contributed by atoms with Crippen LogP contribution in [0.25, 0.3) is 0 Å². The van der Waals surface area contributed by atoms with Gasteiger partial charge in [-0.2, -0.15) is 9.40 Å². The number of halogens is 2. The number of hydrogen-bond acceptors (Lipinski definition) is 9. The molecule has 3 heterocycles. The summed E-state index contributed by atoms with van der Waals surface area (Å²) in [4.78, 5) is 28.2. The average Bonchev–Trinajstić information content (AvgIpc) is 3.45. The first-order valence-corrected chi connectivity index (χ1v) is 15.6. The molecule has 5 rings (SSSR count). The highest BCUT2D eigenvalue weighted by atomic mass is 32.2. The van der Waals surface area contributed by atoms with E-state index in [9.17, 15) is 26.8 Å². The number of carbonyl (C=O) groups excluding carboxylic acids is 2. The van der Waals surface area contributed by atoms with Gasteiger partial charge in [0, 0.05) is 36.1 Å². The molecule has 44 heavy (non-hydrogen) atoms. The Morgan fingerprint density at radius 1 is 1.11 bits per heavy atom. The number of aromatic nitrogens is 2. The third-order valence-corrected chi connectivity index (χ3v) is 9.84. The summed E-state index contributed by atoms with van der Waals surface area (Å²) >= 11 is 0. The van der Waals surface area contributed by atoms with Gasteiger partial charge < -0.3 is 25.4 Å². The van der Waals surface area contributed by atoms with E-state index in [4.69, 9.17) is 15.2 Å². The largest absolute Gasteiger partial charge is 0.448 e. The van der Waals surface area contributed by atoms with Crippen molar-refractivity contribution in [2.75, 3.05) is 48.9 Å². The number of hydrogen-bond donors (Lipinski definition) is 2. The summed E-state index contributed by atoms with van der Waals surface area (Å²) in [5, 5.41) is 7.14. The molecular weight excluding hydrogens is 598 g/mol. The molecule has 1 atom stereocenters. The van der Waals surface area contributed by atoms with Crippen LogP contribution in [0.5, 0.6) is 0 Å². The standard InChI is InChI=1S/C29H34F2N6O6S/c1-5-23-24-25(29(3,4)37(23)44(40,41)20-14-17(30)13-18(31)15-20)34-36(28(39)43-6-2)26(24)33-27(38)21-8-7-19(16-22(21)32)35-9-11-42-12-10-35/h7-8,13-16,23H,5-6,9-12,32H2,1-4H3,(H,33,38). The molecule has 2 aliphatic heterocycles. The van der Waals surface area contributed by atoms with E-state index in [1.54, 1.807) is 45.9 Å². The second-order valence-corrected chi connectivity index (χ2v) is 12.8. The number of nitrogens with two attached hydrogens (primary N) is 1. The van der Waals surface area contributed by atoms with Crippen LogP contribution >= 0.6 is 0 Å². The zero-order valence-corrected chi connectivity index (χ0v) is 25.6. The van der Waals surface area contributed by atoms with Crippen LogP contribution in [0.15, 0.2) is 41.3 Å². The third-order valence-electron chi connectivity index (χ3n) is 7.78. The van der Waals surface area contributed by atoms with E-state index in [0.29, 0.717) is 32.4 Å². The Bertz CT molecular complexity index is 1700. The lowest BCUT2D eigenvalue weighted by Crippen LogP contribution is -2.43. The molecule has 0 spiro atoms. The summed E-state index contributed by atoms with van der Waals surface area (Å²) in [5.41, 5.74) is 6.45. The molecular formula is C29H34F2N6O6S. The number of benzene rings is 2. The van der Waals surface area contributed by atoms with Crippen molar-refractivity contribution in [2.24, 2.45) is 0 Å². The van der Waals surface area contributed by atoms with Crippen LogP contribution in [0.1, 0.15) is 61.8 Å². The van der Waals surface area contributed by atoms with Gasteiger partial charge in [0.2, 0.25) is 10.0 Å². The molecule has 2 aliphatic rings. The number of sulfonamides is 1. The third kappa shape index (κ3) is 5.39. The van der Waals surface area contributed by atoms with Gasteiger partial charge in [-0.15, -0.1) is 4.68 Å². The number of rotatable bonds is 7. The van der Waals surface area contributed by atoms with Gasteiger partial charge in [-0.3, -0.25) is 4.79 Å². The average molecular weight is 633 g/mol. The van der Waals surface area contributed by atoms with Crippen molar-refractivity contribution in [2.45, 2.75) is 50.6 Å². The summed E-state index contributed by atoms with van der Waals surface area (Å²) in [6.07, 6.45) is -0.721. The van der Waals surface area contributed by atoms with E-state index in [0.717, 1.165) is 26.8 Å². The van der Waals surface area contributed by atoms with Crippen LogP contribution in [-0.4, -0.2) is 67.4 Å². The van der Waals surface area contributed by atoms with Crippen LogP contribution in [0, 0.1) is 11.6 Å². The summed E-state index contributed by atoms with van der Waals surface area (Å²) in [5.74, 6) is -2.86. The maximum absolute atomic E-state index is 14.1. The van der Waals surface area contributed by atoms with Crippen LogP contribution in [0.4, 0.5) is 30.8 Å². The molecule has 1 unspecified atom stereocenters. The van der Waals surface area contributed by atoms with Crippen molar-refractivity contribution in [3.05, 3.63) is 64.9 Å². The summed E-state index contributed by atoms with van der Waals surface area (Å²) in [7, 11) is -4.51. The van der Waals surface area contributed by atoms with Gasteiger partial charge in [-0.05, 0) is 57.5 Å². The fourth-order valence-corrected chi connectivity index (χ4v) is 7.85. The topological polar surface area (TPSA) is 149 Å². The van der Waals surface area contributed by atoms with Gasteiger partial charge >= 0.3 is 6.09 Å². The van der Waals surface area contributed by atoms with Crippen LogP contribution in [0.2, 0.25) is 0 Å². The number of ether oxygens (including phenoxy) is 2. The highest BCUT2D eigenvalue weighted by Crippen LogP contribution is 2.52. The molecule has 3 aromatic rings. The molecule has 0 radical (unpaired) electrons. The van der Waals surface area contributed by atoms with Crippen molar-refractivity contribution in [1.29, 1.82) is 0 Å². The van der Waals surface area contributed by atoms with Gasteiger partial charge in [0.1, 0.15) is 17.5 Å². The van der Waals surface area contributed by atoms with Crippen LogP contribution in [0.3, 0.4) is 0 Å². The molecule has 3 N–H and O–H groups in total. The number of nitrogens with one attached hydrogen (secondary N) is 1. The molecule has 15 heteroatoms. The number of anilines is 3. The molecule has 0 bridgehead atoms. The minimum Gasteiger partial charge on any atom is -0.448 e. The second-order valence-electron chi connectivity index (χ2n) is 10.9. The normalized spacial score (nSPS) is 18.2. The molecule has 1 aromatic heterocycles. The Hall–Kier alpha value is -4.08. The van der Waals surface area contributed by atoms with Gasteiger partial charge in [0.25, 0.3) is 5.91 Å². The zero-order chi connectivity index (χ0) is 32.0. The van der Waals surface area contributed by atoms with E-state index < -0.39 is 50.1 Å². The fourth-order valence-electron chi connectivity index (χ4n) is 5.82. The maximum atomic E-state index is 14.1. The molecule has 2 aromatic carbocycles. The van der Waals surface area contributed by atoms with E-state index in [1.807, 2.05) is 0 Å². The molecule has 1 saturated heterocycles. The zero-order valence-electron chi connectivity index (χ0n) is 24.8. The van der Waals surface area contributed by atoms with Crippen molar-refractivity contribution in [3.63, 3.8) is 0 Å². The highest BCUT2D eigenvalue weighted by Gasteiger charge is 2.54. The van der Waals surface area contributed by atoms with Crippen molar-refractivity contribution >= 4 is 39.2 Å². The predicted molar refractivity (Wildman–Crippen MR) is 158 cm³/mol. The fraction of sp³-hybridized carbons (Fsp3) is 0.414. The Kier molecular flexibility index (Phi) is 8.39. The lowest BCUT2D eigenvalue weighted by Gasteiger charge is -2.34. The molecule has 0 saturated carbocycles. The van der Waals surface area contributed by atoms with E-state index >= 15 is 0 Å². The Labute approximate surface area is 253 Å². The van der Waals surface area contributed by atoms with Gasteiger partial charge in [0.15, 0.2) is 0 Å². The maximum Gasteiger partial charge on any atom is 0.436 e. The second kappa shape index (κ2) is 11.8. The molecule has 236 valence electrons. The number of amides is 1. The summed E-state index contributed by atoms with van der Waals surface area (Å²) in [6, 6.07) is 6.08. The monoisotopic (exact) mass is 632 g/mol. The van der Waals surface area contributed by atoms with E-state index in [2.05, 4.69) is 15.3 Å². The molecule has 1 amide bonds. The SMILES string of the molecule is CCOC(=O)n1nc2c(c1NC(=O)c1ccc(N3CCOCC3)cc1N)C(CC)N(S(=O)(=O)c1cc(F)cc(F)c1)C2(C)C. The number of carbonyl (C=O) groups is 2. The minimum atomic E-state index is -4.51. The van der Waals surface area contributed by atoms with Gasteiger partial charge in [-0.25, -0.2) is 22.0 Å². The lowest BCUT2D eigenvalue weighted by atomic mass is 10.0. The lowest BCUT2D eigenvalue weighted by molar-refractivity contribution is 0.102. The molecule has 12 nitrogen and oxygen atoms in total. The predicted octanol–water partition coefficient (Wildman–Crippen LogP) is 4.23. The first-order valence-electron chi connectivity index (χ1n) is 14.2. The highest BCUT2D eigenvalue weighted by molar-refractivity contribution is 7.89. The van der Waals surface area contributed by atoms with Gasteiger partial charge in [0.05, 0.1) is 47.6 Å². The Morgan fingerprint density at radius 2 is 1.77 bits per heavy atom. The van der Waals surface area contributed by atoms with E-state index in [-0.39, 0.29) is 41.4 Å². The number of morpholine rings is 1. The van der Waals surface area contributed by atoms with Crippen molar-refractivity contribution in [1.82, 2.24) is 14.1 Å². The summed E-state index contributed by atoms with van der Waals surface area (Å²) in [6.45, 7) is 8.93. The first-order chi connectivity index (χ1) is 20.8. The van der Waals surface area contributed by atoms with Crippen LogP contribution in [-0.2, 0) is 25.0 Å². The van der Waals surface area contributed by atoms with Crippen molar-refractivity contribution < 1.29 is 36.3 Å². The smallest absolute Gasteiger partial charge is 0.436 e. The van der Waals surface area contributed by atoms with Gasteiger partial charge in [-0.1, -0.05) is 6.92 Å². The Morgan fingerprint density at radius 3 is 2.36 bits per heavy atom. The Balaban J connectivity index is 1.58. The number of nitrogen functional groups attached to an aromatic ring is 1.